The minimum atomic E-state index is -4.34. The molecule has 120 valence electrons. The van der Waals surface area contributed by atoms with Crippen LogP contribution in [0.3, 0.4) is 0 Å². The topological polar surface area (TPSA) is 21.3 Å². The SMILES string of the molecule is CCNC(c1cccc(C(F)(F)F)c1)C(OC)C(C)(C)C. The van der Waals surface area contributed by atoms with E-state index in [1.807, 2.05) is 27.7 Å². The second-order valence-corrected chi connectivity index (χ2v) is 6.18. The van der Waals surface area contributed by atoms with E-state index < -0.39 is 11.7 Å². The van der Waals surface area contributed by atoms with Crippen LogP contribution in [0.4, 0.5) is 13.2 Å². The Hall–Kier alpha value is -1.07. The van der Waals surface area contributed by atoms with Gasteiger partial charge in [0.15, 0.2) is 0 Å². The minimum absolute atomic E-state index is 0.199. The number of methoxy groups -OCH3 is 1. The lowest BCUT2D eigenvalue weighted by Crippen LogP contribution is -2.41. The Morgan fingerprint density at radius 1 is 1.19 bits per heavy atom. The third kappa shape index (κ3) is 4.71. The summed E-state index contributed by atoms with van der Waals surface area (Å²) < 4.78 is 44.2. The van der Waals surface area contributed by atoms with Gasteiger partial charge in [0.25, 0.3) is 0 Å². The molecule has 2 unspecified atom stereocenters. The van der Waals surface area contributed by atoms with Crippen LogP contribution in [0.5, 0.6) is 0 Å². The molecule has 5 heteroatoms. The fraction of sp³-hybridized carbons (Fsp3) is 0.625. The van der Waals surface area contributed by atoms with Crippen molar-refractivity contribution in [2.75, 3.05) is 13.7 Å². The monoisotopic (exact) mass is 303 g/mol. The van der Waals surface area contributed by atoms with Gasteiger partial charge in [-0.15, -0.1) is 0 Å². The Balaban J connectivity index is 3.22. The minimum Gasteiger partial charge on any atom is -0.379 e. The van der Waals surface area contributed by atoms with E-state index in [0.29, 0.717) is 12.1 Å². The van der Waals surface area contributed by atoms with Crippen molar-refractivity contribution < 1.29 is 17.9 Å². The zero-order chi connectivity index (χ0) is 16.3. The molecule has 0 aliphatic carbocycles. The van der Waals surface area contributed by atoms with E-state index >= 15 is 0 Å². The summed E-state index contributed by atoms with van der Waals surface area (Å²) in [4.78, 5) is 0. The van der Waals surface area contributed by atoms with Crippen molar-refractivity contribution in [3.63, 3.8) is 0 Å². The molecule has 21 heavy (non-hydrogen) atoms. The lowest BCUT2D eigenvalue weighted by molar-refractivity contribution is -0.137. The number of nitrogens with one attached hydrogen (secondary N) is 1. The van der Waals surface area contributed by atoms with Crippen molar-refractivity contribution in [1.82, 2.24) is 5.32 Å². The van der Waals surface area contributed by atoms with Gasteiger partial charge in [-0.05, 0) is 29.7 Å². The van der Waals surface area contributed by atoms with Crippen molar-refractivity contribution in [3.05, 3.63) is 35.4 Å². The third-order valence-corrected chi connectivity index (χ3v) is 3.41. The summed E-state index contributed by atoms with van der Waals surface area (Å²) in [5.74, 6) is 0. The smallest absolute Gasteiger partial charge is 0.379 e. The Labute approximate surface area is 124 Å². The van der Waals surface area contributed by atoms with Crippen LogP contribution in [-0.4, -0.2) is 19.8 Å². The van der Waals surface area contributed by atoms with Crippen molar-refractivity contribution in [2.24, 2.45) is 5.41 Å². The molecule has 0 saturated heterocycles. The summed E-state index contributed by atoms with van der Waals surface area (Å²) in [5, 5.41) is 3.24. The third-order valence-electron chi connectivity index (χ3n) is 3.41. The highest BCUT2D eigenvalue weighted by Gasteiger charge is 2.35. The molecule has 0 saturated carbocycles. The van der Waals surface area contributed by atoms with Crippen LogP contribution in [0.2, 0.25) is 0 Å². The normalized spacial score (nSPS) is 15.8. The highest BCUT2D eigenvalue weighted by Crippen LogP contribution is 2.35. The standard InChI is InChI=1S/C16H24F3NO/c1-6-20-13(14(21-5)15(2,3)4)11-8-7-9-12(10-11)16(17,18)19/h7-10,13-14,20H,6H2,1-5H3. The maximum Gasteiger partial charge on any atom is 0.416 e. The van der Waals surface area contributed by atoms with Crippen LogP contribution in [0.1, 0.15) is 44.9 Å². The van der Waals surface area contributed by atoms with Gasteiger partial charge in [0.1, 0.15) is 0 Å². The largest absolute Gasteiger partial charge is 0.416 e. The molecule has 0 fully saturated rings. The Morgan fingerprint density at radius 3 is 2.24 bits per heavy atom. The summed E-state index contributed by atoms with van der Waals surface area (Å²) in [6.45, 7) is 8.62. The molecular weight excluding hydrogens is 279 g/mol. The second-order valence-electron chi connectivity index (χ2n) is 6.18. The van der Waals surface area contributed by atoms with Gasteiger partial charge >= 0.3 is 6.18 Å². The molecule has 0 amide bonds. The van der Waals surface area contributed by atoms with Crippen LogP contribution >= 0.6 is 0 Å². The number of benzene rings is 1. The lowest BCUT2D eigenvalue weighted by Gasteiger charge is -2.36. The van der Waals surface area contributed by atoms with Gasteiger partial charge in [0.05, 0.1) is 17.7 Å². The molecule has 1 rings (SSSR count). The summed E-state index contributed by atoms with van der Waals surface area (Å²) in [7, 11) is 1.59. The van der Waals surface area contributed by atoms with Crippen LogP contribution < -0.4 is 5.32 Å². The van der Waals surface area contributed by atoms with E-state index in [2.05, 4.69) is 5.32 Å². The fourth-order valence-corrected chi connectivity index (χ4v) is 2.52. The van der Waals surface area contributed by atoms with Crippen LogP contribution in [0.25, 0.3) is 0 Å². The van der Waals surface area contributed by atoms with Crippen LogP contribution in [0, 0.1) is 5.41 Å². The number of hydrogen-bond donors (Lipinski definition) is 1. The van der Waals surface area contributed by atoms with E-state index in [1.165, 1.54) is 12.1 Å². The molecule has 0 aliphatic heterocycles. The maximum absolute atomic E-state index is 12.9. The molecule has 1 aromatic carbocycles. The zero-order valence-electron chi connectivity index (χ0n) is 13.2. The predicted octanol–water partition coefficient (Wildman–Crippen LogP) is 4.42. The van der Waals surface area contributed by atoms with Gasteiger partial charge in [-0.3, -0.25) is 0 Å². The molecule has 1 N–H and O–H groups in total. The number of hydrogen-bond acceptors (Lipinski definition) is 2. The lowest BCUT2D eigenvalue weighted by atomic mass is 9.81. The number of rotatable bonds is 5. The average molecular weight is 303 g/mol. The number of halogens is 3. The molecule has 0 radical (unpaired) electrons. The molecular formula is C16H24F3NO. The van der Waals surface area contributed by atoms with E-state index in [4.69, 9.17) is 4.74 Å². The Morgan fingerprint density at radius 2 is 1.81 bits per heavy atom. The first kappa shape index (κ1) is 18.0. The highest BCUT2D eigenvalue weighted by molar-refractivity contribution is 5.29. The van der Waals surface area contributed by atoms with Crippen LogP contribution in [0.15, 0.2) is 24.3 Å². The fourth-order valence-electron chi connectivity index (χ4n) is 2.52. The van der Waals surface area contributed by atoms with Gasteiger partial charge in [0, 0.05) is 7.11 Å². The molecule has 0 bridgehead atoms. The second kappa shape index (κ2) is 6.79. The molecule has 2 nitrogen and oxygen atoms in total. The maximum atomic E-state index is 12.9. The molecule has 1 aromatic rings. The van der Waals surface area contributed by atoms with E-state index in [0.717, 1.165) is 6.07 Å². The summed E-state index contributed by atoms with van der Waals surface area (Å²) in [5.41, 5.74) is -0.240. The quantitative estimate of drug-likeness (QED) is 0.869. The van der Waals surface area contributed by atoms with E-state index in [9.17, 15) is 13.2 Å². The first-order valence-electron chi connectivity index (χ1n) is 7.04. The molecule has 0 spiro atoms. The number of ether oxygens (including phenoxy) is 1. The molecule has 0 heterocycles. The number of likely N-dealkylation sites (N-methyl/N-ethyl adjacent to an activating group) is 1. The van der Waals surface area contributed by atoms with Crippen molar-refractivity contribution in [2.45, 2.75) is 46.0 Å². The van der Waals surface area contributed by atoms with Crippen molar-refractivity contribution in [1.29, 1.82) is 0 Å². The predicted molar refractivity (Wildman–Crippen MR) is 78.1 cm³/mol. The van der Waals surface area contributed by atoms with Gasteiger partial charge in [-0.2, -0.15) is 13.2 Å². The first-order valence-corrected chi connectivity index (χ1v) is 7.04. The zero-order valence-corrected chi connectivity index (χ0v) is 13.2. The van der Waals surface area contributed by atoms with Gasteiger partial charge in [0.2, 0.25) is 0 Å². The Kier molecular flexibility index (Phi) is 5.82. The molecule has 0 aromatic heterocycles. The summed E-state index contributed by atoms with van der Waals surface area (Å²) >= 11 is 0. The first-order chi connectivity index (χ1) is 9.61. The van der Waals surface area contributed by atoms with Crippen LogP contribution in [-0.2, 0) is 10.9 Å². The van der Waals surface area contributed by atoms with Crippen molar-refractivity contribution >= 4 is 0 Å². The average Bonchev–Trinajstić information content (AvgIpc) is 2.36. The Bertz CT molecular complexity index is 452. The van der Waals surface area contributed by atoms with Crippen molar-refractivity contribution in [3.8, 4) is 0 Å². The summed E-state index contributed by atoms with van der Waals surface area (Å²) in [6.07, 6.45) is -4.57. The molecule has 2 atom stereocenters. The van der Waals surface area contributed by atoms with E-state index in [1.54, 1.807) is 13.2 Å². The summed E-state index contributed by atoms with van der Waals surface area (Å²) in [6, 6.07) is 5.15. The van der Waals surface area contributed by atoms with Gasteiger partial charge in [-0.1, -0.05) is 39.8 Å². The van der Waals surface area contributed by atoms with Gasteiger partial charge in [-0.25, -0.2) is 0 Å². The molecule has 0 aliphatic rings. The highest BCUT2D eigenvalue weighted by atomic mass is 19.4. The number of alkyl halides is 3. The van der Waals surface area contributed by atoms with E-state index in [-0.39, 0.29) is 17.6 Å². The van der Waals surface area contributed by atoms with Gasteiger partial charge < -0.3 is 10.1 Å².